The summed E-state index contributed by atoms with van der Waals surface area (Å²) >= 11 is 3.54. The predicted octanol–water partition coefficient (Wildman–Crippen LogP) is 4.47. The molecule has 3 nitrogen and oxygen atoms in total. The van der Waals surface area contributed by atoms with Gasteiger partial charge in [-0.2, -0.15) is 0 Å². The lowest BCUT2D eigenvalue weighted by atomic mass is 9.80. The number of hydrogen-bond donors (Lipinski definition) is 1. The third-order valence-electron chi connectivity index (χ3n) is 5.89. The molecule has 2 aliphatic rings. The van der Waals surface area contributed by atoms with Crippen LogP contribution in [0.15, 0.2) is 53.0 Å². The van der Waals surface area contributed by atoms with Crippen LogP contribution in [0.2, 0.25) is 0 Å². The fraction of sp³-hybridized carbons (Fsp3) is 0.429. The van der Waals surface area contributed by atoms with Crippen LogP contribution >= 0.6 is 15.9 Å². The van der Waals surface area contributed by atoms with Crippen molar-refractivity contribution in [3.63, 3.8) is 0 Å². The zero-order chi connectivity index (χ0) is 17.4. The molecule has 2 aromatic carbocycles. The van der Waals surface area contributed by atoms with Crippen LogP contribution in [-0.4, -0.2) is 29.3 Å². The van der Waals surface area contributed by atoms with Gasteiger partial charge in [0.15, 0.2) is 0 Å². The molecule has 2 saturated heterocycles. The van der Waals surface area contributed by atoms with E-state index in [1.807, 2.05) is 12.1 Å². The van der Waals surface area contributed by atoms with Gasteiger partial charge in [0.05, 0.1) is 13.2 Å². The summed E-state index contributed by atoms with van der Waals surface area (Å²) in [5, 5.41) is 10.5. The first-order valence-electron chi connectivity index (χ1n) is 8.94. The van der Waals surface area contributed by atoms with Crippen LogP contribution in [0.25, 0.3) is 0 Å². The van der Waals surface area contributed by atoms with Crippen LogP contribution in [0, 0.1) is 0 Å². The van der Waals surface area contributed by atoms with Crippen LogP contribution in [0.4, 0.5) is 0 Å². The third kappa shape index (κ3) is 3.12. The lowest BCUT2D eigenvalue weighted by molar-refractivity contribution is -0.0279. The SMILES string of the molecule is COc1ccc(CN2[C@@H]3CC[C@@]2(c2ccc(Br)cc2)C[C@@H](O)C3)cc1. The number of aliphatic hydroxyl groups excluding tert-OH is 1. The van der Waals surface area contributed by atoms with Gasteiger partial charge in [-0.3, -0.25) is 4.90 Å². The highest BCUT2D eigenvalue weighted by Gasteiger charge is 2.52. The van der Waals surface area contributed by atoms with Gasteiger partial charge in [0.25, 0.3) is 0 Å². The molecule has 0 amide bonds. The third-order valence-corrected chi connectivity index (χ3v) is 6.42. The monoisotopic (exact) mass is 401 g/mol. The van der Waals surface area contributed by atoms with Gasteiger partial charge in [-0.05, 0) is 61.1 Å². The average Bonchev–Trinajstić information content (AvgIpc) is 2.84. The van der Waals surface area contributed by atoms with E-state index in [9.17, 15) is 5.11 Å². The summed E-state index contributed by atoms with van der Waals surface area (Å²) in [4.78, 5) is 2.63. The Morgan fingerprint density at radius 1 is 1.16 bits per heavy atom. The highest BCUT2D eigenvalue weighted by molar-refractivity contribution is 9.10. The van der Waals surface area contributed by atoms with E-state index in [2.05, 4.69) is 57.2 Å². The highest BCUT2D eigenvalue weighted by atomic mass is 79.9. The van der Waals surface area contributed by atoms with Crippen LogP contribution < -0.4 is 4.74 Å². The van der Waals surface area contributed by atoms with E-state index >= 15 is 0 Å². The van der Waals surface area contributed by atoms with Gasteiger partial charge in [0.2, 0.25) is 0 Å². The van der Waals surface area contributed by atoms with Crippen molar-refractivity contribution in [2.75, 3.05) is 7.11 Å². The maximum Gasteiger partial charge on any atom is 0.118 e. The number of hydrogen-bond acceptors (Lipinski definition) is 3. The van der Waals surface area contributed by atoms with Crippen molar-refractivity contribution in [2.45, 2.75) is 49.9 Å². The van der Waals surface area contributed by atoms with E-state index in [1.54, 1.807) is 7.11 Å². The fourth-order valence-corrected chi connectivity index (χ4v) is 4.97. The van der Waals surface area contributed by atoms with Crippen LogP contribution in [-0.2, 0) is 12.1 Å². The van der Waals surface area contributed by atoms with Crippen molar-refractivity contribution < 1.29 is 9.84 Å². The minimum atomic E-state index is -0.205. The molecule has 2 aliphatic heterocycles. The average molecular weight is 402 g/mol. The van der Waals surface area contributed by atoms with Crippen molar-refractivity contribution in [3.8, 4) is 5.75 Å². The molecular formula is C21H24BrNO2. The molecule has 2 fully saturated rings. The Kier molecular flexibility index (Phi) is 4.61. The van der Waals surface area contributed by atoms with Crippen molar-refractivity contribution in [1.82, 2.24) is 4.90 Å². The van der Waals surface area contributed by atoms with Gasteiger partial charge in [0.1, 0.15) is 5.75 Å². The molecule has 2 bridgehead atoms. The topological polar surface area (TPSA) is 32.7 Å². The number of fused-ring (bicyclic) bond motifs is 2. The van der Waals surface area contributed by atoms with Crippen LogP contribution in [0.3, 0.4) is 0 Å². The molecule has 132 valence electrons. The fourth-order valence-electron chi connectivity index (χ4n) is 4.70. The molecule has 2 aromatic rings. The summed E-state index contributed by atoms with van der Waals surface area (Å²) in [6, 6.07) is 17.5. The lowest BCUT2D eigenvalue weighted by Crippen LogP contribution is -2.51. The number of piperidine rings is 1. The molecule has 0 spiro atoms. The van der Waals surface area contributed by atoms with E-state index in [0.717, 1.165) is 42.5 Å². The Morgan fingerprint density at radius 3 is 2.56 bits per heavy atom. The van der Waals surface area contributed by atoms with Crippen LogP contribution in [0.5, 0.6) is 5.75 Å². The second-order valence-electron chi connectivity index (χ2n) is 7.30. The van der Waals surface area contributed by atoms with Crippen LogP contribution in [0.1, 0.15) is 36.8 Å². The van der Waals surface area contributed by atoms with E-state index in [0.29, 0.717) is 6.04 Å². The number of nitrogens with zero attached hydrogens (tertiary/aromatic N) is 1. The summed E-state index contributed by atoms with van der Waals surface area (Å²) in [7, 11) is 1.70. The molecule has 2 heterocycles. The standard InChI is InChI=1S/C21H24BrNO2/c1-25-20-8-2-15(3-9-20)14-23-18-10-11-21(23,13-19(24)12-18)16-4-6-17(22)7-5-16/h2-9,18-19,24H,10-14H2,1H3/t18-,19+,21+/m1/s1. The quantitative estimate of drug-likeness (QED) is 0.819. The van der Waals surface area contributed by atoms with Gasteiger partial charge in [-0.25, -0.2) is 0 Å². The Morgan fingerprint density at radius 2 is 1.88 bits per heavy atom. The summed E-state index contributed by atoms with van der Waals surface area (Å²) in [6.45, 7) is 0.914. The number of aliphatic hydroxyl groups is 1. The molecule has 1 N–H and O–H groups in total. The number of methoxy groups -OCH3 is 1. The maximum absolute atomic E-state index is 10.5. The molecule has 0 saturated carbocycles. The van der Waals surface area contributed by atoms with E-state index in [-0.39, 0.29) is 11.6 Å². The Hall–Kier alpha value is -1.36. The van der Waals surface area contributed by atoms with Crippen molar-refractivity contribution >= 4 is 15.9 Å². The molecule has 25 heavy (non-hydrogen) atoms. The first-order valence-corrected chi connectivity index (χ1v) is 9.74. The smallest absolute Gasteiger partial charge is 0.118 e. The zero-order valence-electron chi connectivity index (χ0n) is 14.5. The van der Waals surface area contributed by atoms with E-state index in [4.69, 9.17) is 4.74 Å². The van der Waals surface area contributed by atoms with E-state index in [1.165, 1.54) is 11.1 Å². The first kappa shape index (κ1) is 17.1. The summed E-state index contributed by atoms with van der Waals surface area (Å²) in [6.07, 6.45) is 3.77. The second-order valence-corrected chi connectivity index (χ2v) is 8.22. The van der Waals surface area contributed by atoms with Crippen molar-refractivity contribution in [3.05, 3.63) is 64.1 Å². The number of ether oxygens (including phenoxy) is 1. The van der Waals surface area contributed by atoms with Gasteiger partial charge < -0.3 is 9.84 Å². The molecule has 0 unspecified atom stereocenters. The van der Waals surface area contributed by atoms with E-state index < -0.39 is 0 Å². The summed E-state index contributed by atoms with van der Waals surface area (Å²) in [5.74, 6) is 0.892. The van der Waals surface area contributed by atoms with Crippen molar-refractivity contribution in [2.24, 2.45) is 0 Å². The lowest BCUT2D eigenvalue weighted by Gasteiger charge is -2.47. The number of benzene rings is 2. The number of halogens is 1. The van der Waals surface area contributed by atoms with Gasteiger partial charge >= 0.3 is 0 Å². The Bertz CT molecular complexity index is 731. The van der Waals surface area contributed by atoms with Gasteiger partial charge in [0, 0.05) is 22.6 Å². The maximum atomic E-state index is 10.5. The minimum absolute atomic E-state index is 0.0526. The zero-order valence-corrected chi connectivity index (χ0v) is 16.1. The summed E-state index contributed by atoms with van der Waals surface area (Å²) < 4.78 is 6.37. The number of rotatable bonds is 4. The van der Waals surface area contributed by atoms with Gasteiger partial charge in [-0.15, -0.1) is 0 Å². The predicted molar refractivity (Wildman–Crippen MR) is 103 cm³/mol. The molecule has 4 heteroatoms. The molecule has 3 atom stereocenters. The Labute approximate surface area is 157 Å². The molecular weight excluding hydrogens is 378 g/mol. The largest absolute Gasteiger partial charge is 0.497 e. The molecule has 0 aromatic heterocycles. The molecule has 0 radical (unpaired) electrons. The normalized spacial score (nSPS) is 28.9. The second kappa shape index (κ2) is 6.75. The van der Waals surface area contributed by atoms with Gasteiger partial charge in [-0.1, -0.05) is 40.2 Å². The molecule has 0 aliphatic carbocycles. The molecule has 4 rings (SSSR count). The first-order chi connectivity index (χ1) is 12.1. The minimum Gasteiger partial charge on any atom is -0.497 e. The Balaban J connectivity index is 1.67. The highest BCUT2D eigenvalue weighted by Crippen LogP contribution is 2.51. The van der Waals surface area contributed by atoms with Crippen molar-refractivity contribution in [1.29, 1.82) is 0 Å². The summed E-state index contributed by atoms with van der Waals surface area (Å²) in [5.41, 5.74) is 2.57.